The molecule has 0 aliphatic carbocycles. The number of amides is 2. The molecule has 0 heterocycles. The fourth-order valence-electron chi connectivity index (χ4n) is 4.02. The third-order valence-corrected chi connectivity index (χ3v) is 7.40. The number of hydrogen-bond acceptors (Lipinski definition) is 5. The number of carbonyl (C=O) groups excluding carboxylic acids is 2. The summed E-state index contributed by atoms with van der Waals surface area (Å²) in [5, 5.41) is 3.11. The summed E-state index contributed by atoms with van der Waals surface area (Å²) in [7, 11) is 3.26. The molecule has 38 heavy (non-hydrogen) atoms. The van der Waals surface area contributed by atoms with E-state index >= 15 is 0 Å². The predicted molar refractivity (Wildman–Crippen MR) is 155 cm³/mol. The van der Waals surface area contributed by atoms with E-state index < -0.39 is 6.04 Å². The van der Waals surface area contributed by atoms with Gasteiger partial charge in [-0.25, -0.2) is 0 Å². The second-order valence-electron chi connectivity index (χ2n) is 9.24. The number of methoxy groups -OCH3 is 2. The quantitative estimate of drug-likeness (QED) is 0.296. The Bertz CT molecular complexity index is 1150. The Kier molecular flexibility index (Phi) is 11.6. The van der Waals surface area contributed by atoms with Crippen LogP contribution in [0.2, 0.25) is 0 Å². The van der Waals surface area contributed by atoms with Crippen LogP contribution in [-0.2, 0) is 28.3 Å². The van der Waals surface area contributed by atoms with Crippen LogP contribution in [-0.4, -0.2) is 48.8 Å². The highest BCUT2D eigenvalue weighted by Crippen LogP contribution is 2.21. The van der Waals surface area contributed by atoms with E-state index in [4.69, 9.17) is 9.47 Å². The topological polar surface area (TPSA) is 67.9 Å². The molecule has 2 atom stereocenters. The molecule has 7 heteroatoms. The van der Waals surface area contributed by atoms with Gasteiger partial charge in [0.2, 0.25) is 11.8 Å². The number of nitrogens with one attached hydrogen (secondary N) is 1. The molecule has 0 aliphatic heterocycles. The van der Waals surface area contributed by atoms with Crippen molar-refractivity contribution < 1.29 is 19.1 Å². The zero-order valence-electron chi connectivity index (χ0n) is 22.7. The lowest BCUT2D eigenvalue weighted by Crippen LogP contribution is -2.52. The van der Waals surface area contributed by atoms with Gasteiger partial charge in [-0.3, -0.25) is 9.59 Å². The van der Waals surface area contributed by atoms with Gasteiger partial charge in [-0.1, -0.05) is 61.5 Å². The predicted octanol–water partition coefficient (Wildman–Crippen LogP) is 5.49. The minimum atomic E-state index is -0.647. The molecule has 0 aliphatic rings. The van der Waals surface area contributed by atoms with Crippen molar-refractivity contribution >= 4 is 23.6 Å². The van der Waals surface area contributed by atoms with E-state index in [1.54, 1.807) is 19.1 Å². The van der Waals surface area contributed by atoms with Crippen molar-refractivity contribution in [1.82, 2.24) is 10.2 Å². The Hall–Kier alpha value is -3.45. The molecule has 0 aromatic heterocycles. The van der Waals surface area contributed by atoms with Gasteiger partial charge >= 0.3 is 0 Å². The van der Waals surface area contributed by atoms with Crippen LogP contribution < -0.4 is 14.8 Å². The maximum Gasteiger partial charge on any atom is 0.243 e. The first-order chi connectivity index (χ1) is 18.4. The van der Waals surface area contributed by atoms with Crippen LogP contribution in [0.3, 0.4) is 0 Å². The lowest BCUT2D eigenvalue weighted by Gasteiger charge is -2.32. The molecule has 2 unspecified atom stereocenters. The van der Waals surface area contributed by atoms with Gasteiger partial charge in [0.1, 0.15) is 17.5 Å². The third-order valence-electron chi connectivity index (χ3n) is 6.41. The number of thioether (sulfide) groups is 1. The van der Waals surface area contributed by atoms with Crippen LogP contribution in [0.1, 0.15) is 37.0 Å². The highest BCUT2D eigenvalue weighted by molar-refractivity contribution is 7.99. The summed E-state index contributed by atoms with van der Waals surface area (Å²) in [6.45, 7) is 4.33. The van der Waals surface area contributed by atoms with E-state index in [2.05, 4.69) is 5.32 Å². The fourth-order valence-corrected chi connectivity index (χ4v) is 4.89. The molecule has 2 amide bonds. The molecule has 0 fully saturated rings. The molecule has 6 nitrogen and oxygen atoms in total. The number of carbonyl (C=O) groups is 2. The van der Waals surface area contributed by atoms with E-state index in [0.717, 1.165) is 28.9 Å². The van der Waals surface area contributed by atoms with Crippen molar-refractivity contribution in [2.45, 2.75) is 51.1 Å². The number of hydrogen-bond donors (Lipinski definition) is 1. The van der Waals surface area contributed by atoms with Crippen molar-refractivity contribution in [2.75, 3.05) is 20.0 Å². The van der Waals surface area contributed by atoms with E-state index in [1.807, 2.05) is 92.7 Å². The van der Waals surface area contributed by atoms with Crippen LogP contribution in [0, 0.1) is 0 Å². The molecule has 3 rings (SSSR count). The first-order valence-corrected chi connectivity index (χ1v) is 14.1. The summed E-state index contributed by atoms with van der Waals surface area (Å²) in [6, 6.07) is 24.7. The lowest BCUT2D eigenvalue weighted by atomic mass is 10.0. The molecule has 0 spiro atoms. The zero-order chi connectivity index (χ0) is 27.3. The van der Waals surface area contributed by atoms with Gasteiger partial charge in [-0.15, -0.1) is 11.8 Å². The Morgan fingerprint density at radius 3 is 2.21 bits per heavy atom. The molecule has 3 aromatic rings. The Labute approximate surface area is 230 Å². The molecule has 0 radical (unpaired) electrons. The minimum absolute atomic E-state index is 0.0130. The van der Waals surface area contributed by atoms with Crippen LogP contribution in [0.15, 0.2) is 78.9 Å². The number of benzene rings is 3. The van der Waals surface area contributed by atoms with Gasteiger partial charge in [-0.2, -0.15) is 0 Å². The van der Waals surface area contributed by atoms with E-state index in [1.165, 1.54) is 11.8 Å². The lowest BCUT2D eigenvalue weighted by molar-refractivity contribution is -0.139. The molecule has 0 saturated carbocycles. The third kappa shape index (κ3) is 8.84. The van der Waals surface area contributed by atoms with Gasteiger partial charge in [-0.05, 0) is 54.3 Å². The van der Waals surface area contributed by atoms with Crippen LogP contribution in [0.5, 0.6) is 11.5 Å². The summed E-state index contributed by atoms with van der Waals surface area (Å²) in [5.74, 6) is 2.25. The first-order valence-electron chi connectivity index (χ1n) is 12.9. The van der Waals surface area contributed by atoms with Gasteiger partial charge < -0.3 is 19.7 Å². The summed E-state index contributed by atoms with van der Waals surface area (Å²) >= 11 is 1.54. The summed E-state index contributed by atoms with van der Waals surface area (Å²) < 4.78 is 10.6. The van der Waals surface area contributed by atoms with E-state index in [-0.39, 0.29) is 23.6 Å². The normalized spacial score (nSPS) is 12.3. The van der Waals surface area contributed by atoms with Crippen LogP contribution >= 0.6 is 11.8 Å². The van der Waals surface area contributed by atoms with E-state index in [9.17, 15) is 9.59 Å². The van der Waals surface area contributed by atoms with Crippen molar-refractivity contribution in [2.24, 2.45) is 0 Å². The molecular formula is C31H38N2O4S. The van der Waals surface area contributed by atoms with Crippen molar-refractivity contribution in [3.63, 3.8) is 0 Å². The number of nitrogens with zero attached hydrogens (tertiary/aromatic N) is 1. The molecule has 0 bridgehead atoms. The molecule has 1 N–H and O–H groups in total. The first kappa shape index (κ1) is 29.1. The Balaban J connectivity index is 1.85. The average molecular weight is 535 g/mol. The SMILES string of the molecule is CCC(C)NC(=O)C(Cc1ccccc1)N(Cc1cccc(OC)c1)C(=O)CSCc1ccc(OC)cc1. The smallest absolute Gasteiger partial charge is 0.243 e. The largest absolute Gasteiger partial charge is 0.497 e. The van der Waals surface area contributed by atoms with Crippen molar-refractivity contribution in [1.29, 1.82) is 0 Å². The van der Waals surface area contributed by atoms with Crippen molar-refractivity contribution in [3.05, 3.63) is 95.6 Å². The fraction of sp³-hybridized carbons (Fsp3) is 0.355. The van der Waals surface area contributed by atoms with Gasteiger partial charge in [0.05, 0.1) is 20.0 Å². The molecule has 202 valence electrons. The van der Waals surface area contributed by atoms with Gasteiger partial charge in [0, 0.05) is 24.8 Å². The number of ether oxygens (including phenoxy) is 2. The standard InChI is InChI=1S/C31H38N2O4S/c1-5-23(2)32-31(35)29(19-24-10-7-6-8-11-24)33(20-26-12-9-13-28(18-26)37-4)30(34)22-38-21-25-14-16-27(36-3)17-15-25/h6-18,23,29H,5,19-22H2,1-4H3,(H,32,35). The van der Waals surface area contributed by atoms with Gasteiger partial charge in [0.15, 0.2) is 0 Å². The highest BCUT2D eigenvalue weighted by Gasteiger charge is 2.31. The van der Waals surface area contributed by atoms with E-state index in [0.29, 0.717) is 24.5 Å². The monoisotopic (exact) mass is 534 g/mol. The average Bonchev–Trinajstić information content (AvgIpc) is 2.95. The molecular weight excluding hydrogens is 496 g/mol. The minimum Gasteiger partial charge on any atom is -0.497 e. The molecule has 0 saturated heterocycles. The Morgan fingerprint density at radius 1 is 0.868 bits per heavy atom. The second kappa shape index (κ2) is 15.1. The second-order valence-corrected chi connectivity index (χ2v) is 10.2. The van der Waals surface area contributed by atoms with Crippen LogP contribution in [0.4, 0.5) is 0 Å². The maximum absolute atomic E-state index is 13.8. The Morgan fingerprint density at radius 2 is 1.55 bits per heavy atom. The molecule has 3 aromatic carbocycles. The van der Waals surface area contributed by atoms with Gasteiger partial charge in [0.25, 0.3) is 0 Å². The maximum atomic E-state index is 13.8. The zero-order valence-corrected chi connectivity index (χ0v) is 23.5. The highest BCUT2D eigenvalue weighted by atomic mass is 32.2. The number of rotatable bonds is 14. The van der Waals surface area contributed by atoms with Crippen molar-refractivity contribution in [3.8, 4) is 11.5 Å². The summed E-state index contributed by atoms with van der Waals surface area (Å²) in [4.78, 5) is 29.1. The summed E-state index contributed by atoms with van der Waals surface area (Å²) in [5.41, 5.74) is 3.02. The van der Waals surface area contributed by atoms with Crippen LogP contribution in [0.25, 0.3) is 0 Å². The summed E-state index contributed by atoms with van der Waals surface area (Å²) in [6.07, 6.45) is 1.24.